The Kier molecular flexibility index (Phi) is 4.43. The van der Waals surface area contributed by atoms with E-state index in [1.165, 1.54) is 31.0 Å². The number of fused-ring (bicyclic) bond motifs is 1. The van der Waals surface area contributed by atoms with Gasteiger partial charge in [0.15, 0.2) is 0 Å². The minimum atomic E-state index is -0.162. The van der Waals surface area contributed by atoms with Crippen molar-refractivity contribution < 1.29 is 9.90 Å². The van der Waals surface area contributed by atoms with E-state index < -0.39 is 0 Å². The topological polar surface area (TPSA) is 53.4 Å². The third-order valence-electron chi connectivity index (χ3n) is 5.89. The van der Waals surface area contributed by atoms with Crippen molar-refractivity contribution in [2.24, 2.45) is 5.92 Å². The maximum atomic E-state index is 13.0. The Hall–Kier alpha value is -2.36. The molecule has 1 saturated carbocycles. The SMILES string of the molecule is O=C(c1cccnc1O)N1CC[C@H](c2ccccc2)[C@H]2CCCC[C@H]21. The first kappa shape index (κ1) is 16.1. The van der Waals surface area contributed by atoms with Crippen LogP contribution in [0.2, 0.25) is 0 Å². The number of amides is 1. The normalized spacial score (nSPS) is 26.1. The molecule has 1 aliphatic carbocycles. The molecule has 1 saturated heterocycles. The van der Waals surface area contributed by atoms with Gasteiger partial charge in [0.05, 0.1) is 0 Å². The number of piperidine rings is 1. The molecule has 2 aliphatic rings. The van der Waals surface area contributed by atoms with Crippen LogP contribution in [0.5, 0.6) is 5.88 Å². The fourth-order valence-corrected chi connectivity index (χ4v) is 4.74. The number of carbonyl (C=O) groups excluding carboxylic acids is 1. The molecule has 1 N–H and O–H groups in total. The number of aromatic nitrogens is 1. The summed E-state index contributed by atoms with van der Waals surface area (Å²) in [4.78, 5) is 18.9. The molecule has 4 nitrogen and oxygen atoms in total. The summed E-state index contributed by atoms with van der Waals surface area (Å²) < 4.78 is 0. The van der Waals surface area contributed by atoms with Crippen LogP contribution in [0, 0.1) is 5.92 Å². The standard InChI is InChI=1S/C21H24N2O2/c24-20-18(10-6-13-22-20)21(25)23-14-12-16(15-7-2-1-3-8-15)17-9-4-5-11-19(17)23/h1-3,6-8,10,13,16-17,19H,4-5,9,11-12,14H2,(H,22,24)/t16-,17-,19-/m1/s1. The lowest BCUT2D eigenvalue weighted by atomic mass is 9.69. The smallest absolute Gasteiger partial charge is 0.259 e. The summed E-state index contributed by atoms with van der Waals surface area (Å²) in [6.07, 6.45) is 7.14. The summed E-state index contributed by atoms with van der Waals surface area (Å²) >= 11 is 0. The molecule has 1 aromatic heterocycles. The second-order valence-electron chi connectivity index (χ2n) is 7.19. The molecule has 4 rings (SSSR count). The second kappa shape index (κ2) is 6.87. The number of pyridine rings is 1. The van der Waals surface area contributed by atoms with Crippen LogP contribution in [-0.2, 0) is 0 Å². The van der Waals surface area contributed by atoms with Crippen molar-refractivity contribution in [1.29, 1.82) is 0 Å². The minimum absolute atomic E-state index is 0.0750. The van der Waals surface area contributed by atoms with Crippen molar-refractivity contribution in [3.8, 4) is 5.88 Å². The van der Waals surface area contributed by atoms with E-state index in [1.54, 1.807) is 12.1 Å². The van der Waals surface area contributed by atoms with Gasteiger partial charge in [0.2, 0.25) is 5.88 Å². The molecule has 4 heteroatoms. The van der Waals surface area contributed by atoms with Crippen molar-refractivity contribution in [2.45, 2.75) is 44.1 Å². The van der Waals surface area contributed by atoms with Crippen LogP contribution in [-0.4, -0.2) is 33.5 Å². The Balaban J connectivity index is 1.62. The van der Waals surface area contributed by atoms with Crippen LogP contribution in [0.3, 0.4) is 0 Å². The monoisotopic (exact) mass is 336 g/mol. The highest BCUT2D eigenvalue weighted by Crippen LogP contribution is 2.44. The van der Waals surface area contributed by atoms with Gasteiger partial charge in [-0.3, -0.25) is 4.79 Å². The number of carbonyl (C=O) groups is 1. The number of hydrogen-bond donors (Lipinski definition) is 1. The summed E-state index contributed by atoms with van der Waals surface area (Å²) in [7, 11) is 0. The Labute approximate surface area is 148 Å². The van der Waals surface area contributed by atoms with Crippen LogP contribution < -0.4 is 0 Å². The fourth-order valence-electron chi connectivity index (χ4n) is 4.74. The molecule has 3 atom stereocenters. The Morgan fingerprint density at radius 1 is 1.04 bits per heavy atom. The first-order valence-electron chi connectivity index (χ1n) is 9.25. The highest BCUT2D eigenvalue weighted by Gasteiger charge is 2.42. The molecule has 0 spiro atoms. The molecule has 1 aromatic carbocycles. The highest BCUT2D eigenvalue weighted by atomic mass is 16.3. The number of nitrogens with zero attached hydrogens (tertiary/aromatic N) is 2. The van der Waals surface area contributed by atoms with Gasteiger partial charge in [-0.1, -0.05) is 43.2 Å². The quantitative estimate of drug-likeness (QED) is 0.902. The third-order valence-corrected chi connectivity index (χ3v) is 5.89. The van der Waals surface area contributed by atoms with Gasteiger partial charge in [-0.2, -0.15) is 0 Å². The molecular formula is C21H24N2O2. The van der Waals surface area contributed by atoms with Gasteiger partial charge in [0.25, 0.3) is 5.91 Å². The van der Waals surface area contributed by atoms with Gasteiger partial charge in [-0.15, -0.1) is 0 Å². The summed E-state index contributed by atoms with van der Waals surface area (Å²) in [5.74, 6) is 0.796. The van der Waals surface area contributed by atoms with Crippen molar-refractivity contribution in [1.82, 2.24) is 9.88 Å². The first-order valence-corrected chi connectivity index (χ1v) is 9.25. The summed E-state index contributed by atoms with van der Waals surface area (Å²) in [5, 5.41) is 9.98. The number of likely N-dealkylation sites (tertiary alicyclic amines) is 1. The summed E-state index contributed by atoms with van der Waals surface area (Å²) in [5.41, 5.74) is 1.72. The maximum Gasteiger partial charge on any atom is 0.259 e. The molecule has 0 radical (unpaired) electrons. The molecule has 0 unspecified atom stereocenters. The number of rotatable bonds is 2. The summed E-state index contributed by atoms with van der Waals surface area (Å²) in [6.45, 7) is 0.744. The zero-order valence-electron chi connectivity index (χ0n) is 14.3. The van der Waals surface area contributed by atoms with Crippen LogP contribution in [0.1, 0.15) is 53.9 Å². The summed E-state index contributed by atoms with van der Waals surface area (Å²) in [6, 6.07) is 14.4. The van der Waals surface area contributed by atoms with E-state index in [-0.39, 0.29) is 17.8 Å². The second-order valence-corrected chi connectivity index (χ2v) is 7.19. The maximum absolute atomic E-state index is 13.0. The van der Waals surface area contributed by atoms with E-state index in [9.17, 15) is 9.90 Å². The van der Waals surface area contributed by atoms with Gasteiger partial charge in [-0.05, 0) is 48.8 Å². The van der Waals surface area contributed by atoms with Gasteiger partial charge in [-0.25, -0.2) is 4.98 Å². The lowest BCUT2D eigenvalue weighted by Gasteiger charge is -2.48. The van der Waals surface area contributed by atoms with Crippen molar-refractivity contribution in [3.63, 3.8) is 0 Å². The molecule has 2 aromatic rings. The van der Waals surface area contributed by atoms with Crippen molar-refractivity contribution in [2.75, 3.05) is 6.54 Å². The largest absolute Gasteiger partial charge is 0.493 e. The van der Waals surface area contributed by atoms with Crippen molar-refractivity contribution >= 4 is 5.91 Å². The molecule has 1 amide bonds. The van der Waals surface area contributed by atoms with Crippen LogP contribution in [0.25, 0.3) is 0 Å². The number of benzene rings is 1. The number of aromatic hydroxyl groups is 1. The lowest BCUT2D eigenvalue weighted by Crippen LogP contribution is -2.52. The van der Waals surface area contributed by atoms with E-state index in [0.717, 1.165) is 19.4 Å². The predicted molar refractivity (Wildman–Crippen MR) is 96.5 cm³/mol. The molecule has 2 heterocycles. The van der Waals surface area contributed by atoms with E-state index in [4.69, 9.17) is 0 Å². The Morgan fingerprint density at radius 3 is 2.64 bits per heavy atom. The van der Waals surface area contributed by atoms with Gasteiger partial charge in [0.1, 0.15) is 5.56 Å². The Morgan fingerprint density at radius 2 is 1.84 bits per heavy atom. The molecule has 1 aliphatic heterocycles. The van der Waals surface area contributed by atoms with Gasteiger partial charge >= 0.3 is 0 Å². The molecular weight excluding hydrogens is 312 g/mol. The predicted octanol–water partition coefficient (Wildman–Crippen LogP) is 3.98. The van der Waals surface area contributed by atoms with Crippen molar-refractivity contribution in [3.05, 3.63) is 59.8 Å². The van der Waals surface area contributed by atoms with Gasteiger partial charge < -0.3 is 10.0 Å². The highest BCUT2D eigenvalue weighted by molar-refractivity contribution is 5.96. The first-order chi connectivity index (χ1) is 12.3. The number of hydrogen-bond acceptors (Lipinski definition) is 3. The van der Waals surface area contributed by atoms with Gasteiger partial charge in [0, 0.05) is 18.8 Å². The minimum Gasteiger partial charge on any atom is -0.493 e. The lowest BCUT2D eigenvalue weighted by molar-refractivity contribution is 0.0316. The molecule has 0 bridgehead atoms. The molecule has 130 valence electrons. The van der Waals surface area contributed by atoms with E-state index in [1.807, 2.05) is 4.90 Å². The zero-order valence-corrected chi connectivity index (χ0v) is 14.3. The van der Waals surface area contributed by atoms with E-state index in [0.29, 0.717) is 17.4 Å². The fraction of sp³-hybridized carbons (Fsp3) is 0.429. The van der Waals surface area contributed by atoms with Crippen LogP contribution in [0.15, 0.2) is 48.7 Å². The third kappa shape index (κ3) is 3.01. The van der Waals surface area contributed by atoms with Crippen LogP contribution >= 0.6 is 0 Å². The average Bonchev–Trinajstić information content (AvgIpc) is 2.68. The van der Waals surface area contributed by atoms with E-state index in [2.05, 4.69) is 35.3 Å². The average molecular weight is 336 g/mol. The Bertz CT molecular complexity index is 747. The molecule has 2 fully saturated rings. The van der Waals surface area contributed by atoms with E-state index >= 15 is 0 Å². The zero-order chi connectivity index (χ0) is 17.2. The van der Waals surface area contributed by atoms with Crippen LogP contribution in [0.4, 0.5) is 0 Å². The molecule has 25 heavy (non-hydrogen) atoms.